The first kappa shape index (κ1) is 10.5. The molecule has 0 N–H and O–H groups in total. The van der Waals surface area contributed by atoms with Gasteiger partial charge in [-0.05, 0) is 34.1 Å². The van der Waals surface area contributed by atoms with Gasteiger partial charge in [0.1, 0.15) is 0 Å². The Morgan fingerprint density at radius 1 is 1.62 bits per heavy atom. The summed E-state index contributed by atoms with van der Waals surface area (Å²) >= 11 is 9.04. The van der Waals surface area contributed by atoms with Gasteiger partial charge in [0.2, 0.25) is 0 Å². The van der Waals surface area contributed by atoms with Crippen molar-refractivity contribution in [1.82, 2.24) is 0 Å². The maximum atomic E-state index is 11.4. The van der Waals surface area contributed by atoms with E-state index < -0.39 is 0 Å². The van der Waals surface area contributed by atoms with Crippen molar-refractivity contribution in [3.8, 4) is 0 Å². The Morgan fingerprint density at radius 3 is 2.85 bits per heavy atom. The average Bonchev–Trinajstić information content (AvgIpc) is 2.10. The highest BCUT2D eigenvalue weighted by Crippen LogP contribution is 2.23. The summed E-state index contributed by atoms with van der Waals surface area (Å²) in [6.07, 6.45) is 1.94. The van der Waals surface area contributed by atoms with Gasteiger partial charge in [-0.1, -0.05) is 17.7 Å². The number of carbonyl (C=O) groups excluding carboxylic acids is 1. The van der Waals surface area contributed by atoms with Crippen LogP contribution < -0.4 is 0 Å². The average molecular weight is 260 g/mol. The van der Waals surface area contributed by atoms with Crippen LogP contribution in [-0.4, -0.2) is 5.78 Å². The van der Waals surface area contributed by atoms with E-state index in [1.165, 1.54) is 0 Å². The molecular weight excluding hydrogens is 251 g/mol. The predicted molar refractivity (Wildman–Crippen MR) is 58.3 cm³/mol. The lowest BCUT2D eigenvalue weighted by Crippen LogP contribution is -1.96. The molecule has 0 radical (unpaired) electrons. The predicted octanol–water partition coefficient (Wildman–Crippen LogP) is 3.86. The van der Waals surface area contributed by atoms with E-state index in [9.17, 15) is 4.79 Å². The van der Waals surface area contributed by atoms with Crippen LogP contribution in [0.25, 0.3) is 0 Å². The lowest BCUT2D eigenvalue weighted by Gasteiger charge is -2.00. The van der Waals surface area contributed by atoms with Crippen molar-refractivity contribution >= 4 is 33.3 Å². The van der Waals surface area contributed by atoms with Crippen LogP contribution in [0.5, 0.6) is 0 Å². The van der Waals surface area contributed by atoms with Crippen LogP contribution in [0.15, 0.2) is 35.3 Å². The van der Waals surface area contributed by atoms with E-state index >= 15 is 0 Å². The van der Waals surface area contributed by atoms with E-state index in [1.54, 1.807) is 24.3 Å². The first-order valence-corrected chi connectivity index (χ1v) is 4.91. The zero-order chi connectivity index (χ0) is 9.84. The summed E-state index contributed by atoms with van der Waals surface area (Å²) in [4.78, 5) is 11.4. The summed E-state index contributed by atoms with van der Waals surface area (Å²) in [5.41, 5.74) is 0.649. The van der Waals surface area contributed by atoms with Crippen molar-refractivity contribution in [2.75, 3.05) is 0 Å². The fraction of sp³-hybridized carbons (Fsp3) is 0.100. The first-order valence-electron chi connectivity index (χ1n) is 3.74. The van der Waals surface area contributed by atoms with Crippen molar-refractivity contribution in [1.29, 1.82) is 0 Å². The van der Waals surface area contributed by atoms with Gasteiger partial charge in [0.15, 0.2) is 5.78 Å². The second-order valence-corrected chi connectivity index (χ2v) is 3.81. The molecule has 68 valence electrons. The Bertz CT molecular complexity index is 347. The Kier molecular flexibility index (Phi) is 3.70. The monoisotopic (exact) mass is 258 g/mol. The molecule has 0 bridgehead atoms. The standard InChI is InChI=1S/C10H8BrClO/c1-2-3-10(13)7-4-5-9(12)8(11)6-7/h2,4-6H,1,3H2. The van der Waals surface area contributed by atoms with Crippen molar-refractivity contribution in [3.63, 3.8) is 0 Å². The minimum Gasteiger partial charge on any atom is -0.294 e. The quantitative estimate of drug-likeness (QED) is 0.595. The Labute approximate surface area is 90.5 Å². The molecule has 0 saturated carbocycles. The molecule has 1 rings (SSSR count). The van der Waals surface area contributed by atoms with Crippen molar-refractivity contribution in [2.45, 2.75) is 6.42 Å². The SMILES string of the molecule is C=CCC(=O)c1ccc(Cl)c(Br)c1. The second-order valence-electron chi connectivity index (χ2n) is 2.54. The van der Waals surface area contributed by atoms with Gasteiger partial charge < -0.3 is 0 Å². The Morgan fingerprint density at radius 2 is 2.31 bits per heavy atom. The highest BCUT2D eigenvalue weighted by molar-refractivity contribution is 9.10. The van der Waals surface area contributed by atoms with Gasteiger partial charge in [-0.25, -0.2) is 0 Å². The van der Waals surface area contributed by atoms with Gasteiger partial charge in [-0.3, -0.25) is 4.79 Å². The highest BCUT2D eigenvalue weighted by atomic mass is 79.9. The number of hydrogen-bond donors (Lipinski definition) is 0. The highest BCUT2D eigenvalue weighted by Gasteiger charge is 2.05. The van der Waals surface area contributed by atoms with Gasteiger partial charge in [0, 0.05) is 16.5 Å². The molecule has 1 nitrogen and oxygen atoms in total. The molecule has 0 aliphatic heterocycles. The fourth-order valence-electron chi connectivity index (χ4n) is 0.919. The van der Waals surface area contributed by atoms with Gasteiger partial charge in [-0.15, -0.1) is 6.58 Å². The number of allylic oxidation sites excluding steroid dienone is 1. The van der Waals surface area contributed by atoms with Crippen LogP contribution in [0.3, 0.4) is 0 Å². The molecule has 0 atom stereocenters. The summed E-state index contributed by atoms with van der Waals surface area (Å²) in [5.74, 6) is 0.0485. The zero-order valence-corrected chi connectivity index (χ0v) is 9.23. The van der Waals surface area contributed by atoms with Crippen LogP contribution in [-0.2, 0) is 0 Å². The third-order valence-corrected chi connectivity index (χ3v) is 2.79. The van der Waals surface area contributed by atoms with Gasteiger partial charge >= 0.3 is 0 Å². The molecule has 0 fully saturated rings. The summed E-state index contributed by atoms with van der Waals surface area (Å²) in [7, 11) is 0. The number of hydrogen-bond acceptors (Lipinski definition) is 1. The normalized spacial score (nSPS) is 9.69. The molecule has 0 saturated heterocycles. The molecular formula is C10H8BrClO. The third-order valence-electron chi connectivity index (χ3n) is 1.57. The van der Waals surface area contributed by atoms with Crippen LogP contribution in [0.2, 0.25) is 5.02 Å². The molecule has 0 aromatic heterocycles. The molecule has 0 amide bonds. The Hall–Kier alpha value is -0.600. The molecule has 0 spiro atoms. The minimum absolute atomic E-state index is 0.0485. The second kappa shape index (κ2) is 4.58. The zero-order valence-electron chi connectivity index (χ0n) is 6.89. The van der Waals surface area contributed by atoms with E-state index in [-0.39, 0.29) is 5.78 Å². The number of carbonyl (C=O) groups is 1. The summed E-state index contributed by atoms with van der Waals surface area (Å²) < 4.78 is 0.740. The van der Waals surface area contributed by atoms with Crippen molar-refractivity contribution < 1.29 is 4.79 Å². The van der Waals surface area contributed by atoms with Crippen molar-refractivity contribution in [2.24, 2.45) is 0 Å². The topological polar surface area (TPSA) is 17.1 Å². The largest absolute Gasteiger partial charge is 0.294 e. The molecule has 3 heteroatoms. The first-order chi connectivity index (χ1) is 6.15. The van der Waals surface area contributed by atoms with Gasteiger partial charge in [0.05, 0.1) is 5.02 Å². The number of ketones is 1. The number of rotatable bonds is 3. The molecule has 0 heterocycles. The number of Topliss-reactive ketones (excluding diaryl/α,β-unsaturated/α-hetero) is 1. The van der Waals surface area contributed by atoms with E-state index in [4.69, 9.17) is 11.6 Å². The number of halogens is 2. The van der Waals surface area contributed by atoms with E-state index in [2.05, 4.69) is 22.5 Å². The molecule has 0 aliphatic rings. The van der Waals surface area contributed by atoms with Crippen LogP contribution in [0.4, 0.5) is 0 Å². The minimum atomic E-state index is 0.0485. The maximum Gasteiger partial charge on any atom is 0.166 e. The molecule has 1 aromatic carbocycles. The number of benzene rings is 1. The third kappa shape index (κ3) is 2.68. The van der Waals surface area contributed by atoms with Gasteiger partial charge in [0.25, 0.3) is 0 Å². The molecule has 0 aliphatic carbocycles. The van der Waals surface area contributed by atoms with Crippen molar-refractivity contribution in [3.05, 3.63) is 45.9 Å². The van der Waals surface area contributed by atoms with E-state index in [1.807, 2.05) is 0 Å². The van der Waals surface area contributed by atoms with E-state index in [0.717, 1.165) is 4.47 Å². The molecule has 0 unspecified atom stereocenters. The Balaban J connectivity index is 2.96. The summed E-state index contributed by atoms with van der Waals surface area (Å²) in [6, 6.07) is 5.12. The van der Waals surface area contributed by atoms with Crippen LogP contribution >= 0.6 is 27.5 Å². The smallest absolute Gasteiger partial charge is 0.166 e. The lowest BCUT2D eigenvalue weighted by molar-refractivity contribution is 0.0996. The summed E-state index contributed by atoms with van der Waals surface area (Å²) in [5, 5.41) is 0.607. The van der Waals surface area contributed by atoms with E-state index in [0.29, 0.717) is 17.0 Å². The maximum absolute atomic E-state index is 11.4. The molecule has 13 heavy (non-hydrogen) atoms. The van der Waals surface area contributed by atoms with Crippen LogP contribution in [0.1, 0.15) is 16.8 Å². The van der Waals surface area contributed by atoms with Crippen LogP contribution in [0, 0.1) is 0 Å². The fourth-order valence-corrected chi connectivity index (χ4v) is 1.41. The molecule has 1 aromatic rings. The lowest BCUT2D eigenvalue weighted by atomic mass is 10.1. The summed E-state index contributed by atoms with van der Waals surface area (Å²) in [6.45, 7) is 3.51. The van der Waals surface area contributed by atoms with Gasteiger partial charge in [-0.2, -0.15) is 0 Å².